The van der Waals surface area contributed by atoms with E-state index < -0.39 is 0 Å². The molecule has 1 fully saturated rings. The molecule has 1 aliphatic rings. The Morgan fingerprint density at radius 3 is 2.73 bits per heavy atom. The Morgan fingerprint density at radius 1 is 1.47 bits per heavy atom. The van der Waals surface area contributed by atoms with E-state index in [1.807, 2.05) is 19.4 Å². The third kappa shape index (κ3) is 3.57. The number of nitrogens with one attached hydrogen (secondary N) is 1. The molecule has 1 N–H and O–H groups in total. The van der Waals surface area contributed by atoms with Gasteiger partial charge in [0.1, 0.15) is 0 Å². The minimum Gasteiger partial charge on any atom is -0.343 e. The number of aromatic nitrogens is 2. The summed E-state index contributed by atoms with van der Waals surface area (Å²) in [4.78, 5) is 10.6. The molecule has 2 rings (SSSR count). The molecule has 1 heterocycles. The predicted octanol–water partition coefficient (Wildman–Crippen LogP) is 1.27. The number of nitrogens with zero attached hydrogens (tertiary/aromatic N) is 3. The lowest BCUT2D eigenvalue weighted by Crippen LogP contribution is -2.31. The Balaban J connectivity index is 1.78. The van der Waals surface area contributed by atoms with Crippen LogP contribution in [0, 0.1) is 3.57 Å². The minimum atomic E-state index is 0.774. The fourth-order valence-electron chi connectivity index (χ4n) is 1.33. The highest BCUT2D eigenvalue weighted by Gasteiger charge is 2.19. The van der Waals surface area contributed by atoms with E-state index in [-0.39, 0.29) is 0 Å². The zero-order chi connectivity index (χ0) is 10.7. The summed E-state index contributed by atoms with van der Waals surface area (Å²) in [6, 6.07) is 0.774. The number of anilines is 1. The summed E-state index contributed by atoms with van der Waals surface area (Å²) in [5, 5.41) is 3.47. The van der Waals surface area contributed by atoms with Crippen molar-refractivity contribution >= 4 is 28.5 Å². The topological polar surface area (TPSA) is 41.0 Å². The lowest BCUT2D eigenvalue weighted by Gasteiger charge is -2.16. The van der Waals surface area contributed by atoms with Crippen molar-refractivity contribution in [3.8, 4) is 0 Å². The molecule has 82 valence electrons. The van der Waals surface area contributed by atoms with E-state index in [1.54, 1.807) is 0 Å². The Bertz CT molecular complexity index is 310. The monoisotopic (exact) mass is 318 g/mol. The largest absolute Gasteiger partial charge is 0.343 e. The first-order valence-corrected chi connectivity index (χ1v) is 6.25. The molecule has 0 atom stereocenters. The van der Waals surface area contributed by atoms with Gasteiger partial charge in [0.25, 0.3) is 0 Å². The standard InChI is InChI=1S/C10H15IN4/c1-15(5-4-12-9-2-3-9)10-13-6-8(11)7-14-10/h6-7,9,12H,2-5H2,1H3. The maximum atomic E-state index is 4.27. The minimum absolute atomic E-state index is 0.774. The molecule has 1 aromatic rings. The third-order valence-electron chi connectivity index (χ3n) is 2.41. The molecule has 0 radical (unpaired) electrons. The van der Waals surface area contributed by atoms with Gasteiger partial charge in [-0.15, -0.1) is 0 Å². The van der Waals surface area contributed by atoms with E-state index in [2.05, 4.69) is 42.8 Å². The number of hydrogen-bond acceptors (Lipinski definition) is 4. The second-order valence-electron chi connectivity index (χ2n) is 3.85. The van der Waals surface area contributed by atoms with Gasteiger partial charge in [0.05, 0.1) is 0 Å². The molecular formula is C10H15IN4. The van der Waals surface area contributed by atoms with E-state index in [9.17, 15) is 0 Å². The first-order valence-electron chi connectivity index (χ1n) is 5.18. The van der Waals surface area contributed by atoms with E-state index in [1.165, 1.54) is 12.8 Å². The van der Waals surface area contributed by atoms with Crippen molar-refractivity contribution in [2.24, 2.45) is 0 Å². The van der Waals surface area contributed by atoms with Gasteiger partial charge in [-0.25, -0.2) is 9.97 Å². The first-order chi connectivity index (χ1) is 7.25. The van der Waals surface area contributed by atoms with Gasteiger partial charge in [0.2, 0.25) is 5.95 Å². The Morgan fingerprint density at radius 2 is 2.13 bits per heavy atom. The van der Waals surface area contributed by atoms with Crippen molar-refractivity contribution in [3.63, 3.8) is 0 Å². The lowest BCUT2D eigenvalue weighted by atomic mass is 10.5. The Labute approximate surface area is 104 Å². The fraction of sp³-hybridized carbons (Fsp3) is 0.600. The van der Waals surface area contributed by atoms with Crippen LogP contribution in [0.1, 0.15) is 12.8 Å². The van der Waals surface area contributed by atoms with Gasteiger partial charge in [-0.05, 0) is 35.4 Å². The number of rotatable bonds is 5. The summed E-state index contributed by atoms with van der Waals surface area (Å²) in [5.41, 5.74) is 0. The van der Waals surface area contributed by atoms with Crippen LogP contribution in [0.2, 0.25) is 0 Å². The second-order valence-corrected chi connectivity index (χ2v) is 5.10. The Hall–Kier alpha value is -0.430. The van der Waals surface area contributed by atoms with Gasteiger partial charge >= 0.3 is 0 Å². The van der Waals surface area contributed by atoms with Crippen LogP contribution in [0.5, 0.6) is 0 Å². The SMILES string of the molecule is CN(CCNC1CC1)c1ncc(I)cn1. The molecule has 0 aliphatic heterocycles. The fourth-order valence-corrected chi connectivity index (χ4v) is 1.60. The molecule has 0 amide bonds. The van der Waals surface area contributed by atoms with Crippen LogP contribution in [0.3, 0.4) is 0 Å². The normalized spacial score (nSPS) is 15.3. The molecule has 0 aromatic carbocycles. The molecule has 0 unspecified atom stereocenters. The van der Waals surface area contributed by atoms with Crippen LogP contribution in [0.25, 0.3) is 0 Å². The maximum absolute atomic E-state index is 4.27. The summed E-state index contributed by atoms with van der Waals surface area (Å²) in [6.07, 6.45) is 6.36. The molecule has 1 saturated carbocycles. The highest BCUT2D eigenvalue weighted by molar-refractivity contribution is 14.1. The first kappa shape index (κ1) is 11.1. The van der Waals surface area contributed by atoms with Crippen molar-refractivity contribution in [1.29, 1.82) is 0 Å². The van der Waals surface area contributed by atoms with Gasteiger partial charge < -0.3 is 10.2 Å². The highest BCUT2D eigenvalue weighted by Crippen LogP contribution is 2.18. The Kier molecular flexibility index (Phi) is 3.74. The smallest absolute Gasteiger partial charge is 0.225 e. The average Bonchev–Trinajstić information content (AvgIpc) is 3.02. The van der Waals surface area contributed by atoms with Gasteiger partial charge in [0.15, 0.2) is 0 Å². The maximum Gasteiger partial charge on any atom is 0.225 e. The van der Waals surface area contributed by atoms with Gasteiger partial charge in [0, 0.05) is 42.1 Å². The number of likely N-dealkylation sites (N-methyl/N-ethyl adjacent to an activating group) is 1. The third-order valence-corrected chi connectivity index (χ3v) is 2.96. The summed E-state index contributed by atoms with van der Waals surface area (Å²) in [6.45, 7) is 1.97. The molecule has 0 spiro atoms. The van der Waals surface area contributed by atoms with E-state index in [4.69, 9.17) is 0 Å². The van der Waals surface area contributed by atoms with Crippen LogP contribution >= 0.6 is 22.6 Å². The van der Waals surface area contributed by atoms with Gasteiger partial charge in [-0.3, -0.25) is 0 Å². The van der Waals surface area contributed by atoms with Crippen molar-refractivity contribution < 1.29 is 0 Å². The van der Waals surface area contributed by atoms with Crippen LogP contribution in [-0.2, 0) is 0 Å². The summed E-state index contributed by atoms with van der Waals surface area (Å²) < 4.78 is 1.07. The summed E-state index contributed by atoms with van der Waals surface area (Å²) >= 11 is 2.21. The van der Waals surface area contributed by atoms with Crippen LogP contribution < -0.4 is 10.2 Å². The molecule has 15 heavy (non-hydrogen) atoms. The van der Waals surface area contributed by atoms with E-state index in [0.717, 1.165) is 28.6 Å². The number of halogens is 1. The van der Waals surface area contributed by atoms with Gasteiger partial charge in [-0.2, -0.15) is 0 Å². The van der Waals surface area contributed by atoms with E-state index >= 15 is 0 Å². The zero-order valence-electron chi connectivity index (χ0n) is 8.78. The number of hydrogen-bond donors (Lipinski definition) is 1. The highest BCUT2D eigenvalue weighted by atomic mass is 127. The van der Waals surface area contributed by atoms with Crippen LogP contribution in [0.15, 0.2) is 12.4 Å². The average molecular weight is 318 g/mol. The van der Waals surface area contributed by atoms with Crippen molar-refractivity contribution in [2.45, 2.75) is 18.9 Å². The predicted molar refractivity (Wildman–Crippen MR) is 69.0 cm³/mol. The zero-order valence-corrected chi connectivity index (χ0v) is 10.9. The summed E-state index contributed by atoms with van der Waals surface area (Å²) in [7, 11) is 2.02. The van der Waals surface area contributed by atoms with Crippen LogP contribution in [-0.4, -0.2) is 36.1 Å². The summed E-state index contributed by atoms with van der Waals surface area (Å²) in [5.74, 6) is 0.799. The second kappa shape index (κ2) is 5.07. The molecule has 1 aliphatic carbocycles. The lowest BCUT2D eigenvalue weighted by molar-refractivity contribution is 0.669. The van der Waals surface area contributed by atoms with Crippen molar-refractivity contribution in [1.82, 2.24) is 15.3 Å². The van der Waals surface area contributed by atoms with Crippen molar-refractivity contribution in [3.05, 3.63) is 16.0 Å². The molecule has 0 saturated heterocycles. The molecule has 5 heteroatoms. The van der Waals surface area contributed by atoms with E-state index in [0.29, 0.717) is 0 Å². The molecule has 4 nitrogen and oxygen atoms in total. The quantitative estimate of drug-likeness (QED) is 0.830. The molecular weight excluding hydrogens is 303 g/mol. The van der Waals surface area contributed by atoms with Crippen LogP contribution in [0.4, 0.5) is 5.95 Å². The van der Waals surface area contributed by atoms with Gasteiger partial charge in [-0.1, -0.05) is 0 Å². The van der Waals surface area contributed by atoms with Crippen molar-refractivity contribution in [2.75, 3.05) is 25.0 Å². The molecule has 1 aromatic heterocycles. The molecule has 0 bridgehead atoms.